The highest BCUT2D eigenvalue weighted by molar-refractivity contribution is 5.89. The van der Waals surface area contributed by atoms with E-state index in [2.05, 4.69) is 13.0 Å². The largest absolute Gasteiger partial charge is 0.478 e. The molecular formula is C15H20O2. The van der Waals surface area contributed by atoms with Gasteiger partial charge in [0.25, 0.3) is 0 Å². The van der Waals surface area contributed by atoms with E-state index < -0.39 is 5.97 Å². The van der Waals surface area contributed by atoms with Gasteiger partial charge < -0.3 is 5.11 Å². The van der Waals surface area contributed by atoms with Crippen LogP contribution in [-0.2, 0) is 6.42 Å². The van der Waals surface area contributed by atoms with Crippen LogP contribution >= 0.6 is 0 Å². The zero-order chi connectivity index (χ0) is 12.3. The Hall–Kier alpha value is -1.31. The minimum Gasteiger partial charge on any atom is -0.478 e. The van der Waals surface area contributed by atoms with E-state index >= 15 is 0 Å². The Labute approximate surface area is 103 Å². The molecule has 1 N–H and O–H groups in total. The minimum absolute atomic E-state index is 0.506. The lowest BCUT2D eigenvalue weighted by molar-refractivity contribution is 0.0695. The van der Waals surface area contributed by atoms with Crippen molar-refractivity contribution in [3.05, 3.63) is 34.9 Å². The van der Waals surface area contributed by atoms with Gasteiger partial charge in [-0.05, 0) is 48.8 Å². The van der Waals surface area contributed by atoms with Gasteiger partial charge >= 0.3 is 5.97 Å². The summed E-state index contributed by atoms with van der Waals surface area (Å²) in [4.78, 5) is 11.1. The first kappa shape index (κ1) is 12.2. The number of aryl methyl sites for hydroxylation is 1. The Kier molecular flexibility index (Phi) is 3.82. The summed E-state index contributed by atoms with van der Waals surface area (Å²) in [6.45, 7) is 2.20. The number of benzene rings is 1. The Morgan fingerprint density at radius 3 is 2.71 bits per heavy atom. The third-order valence-corrected chi connectivity index (χ3v) is 3.43. The molecule has 0 atom stereocenters. The second kappa shape index (κ2) is 5.35. The number of carboxylic acids is 1. The Morgan fingerprint density at radius 1 is 1.35 bits per heavy atom. The number of hydrogen-bond acceptors (Lipinski definition) is 1. The highest BCUT2D eigenvalue weighted by Gasteiger charge is 2.28. The average molecular weight is 232 g/mol. The highest BCUT2D eigenvalue weighted by Crippen LogP contribution is 2.42. The molecule has 2 heteroatoms. The molecule has 0 unspecified atom stereocenters. The summed E-state index contributed by atoms with van der Waals surface area (Å²) in [5.41, 5.74) is 2.86. The first-order valence-electron chi connectivity index (χ1n) is 6.58. The molecule has 0 saturated heterocycles. The smallest absolute Gasteiger partial charge is 0.335 e. The van der Waals surface area contributed by atoms with E-state index in [0.29, 0.717) is 11.5 Å². The number of hydrogen-bond donors (Lipinski definition) is 1. The second-order valence-electron chi connectivity index (χ2n) is 4.96. The molecule has 17 heavy (non-hydrogen) atoms. The number of carbonyl (C=O) groups is 1. The summed E-state index contributed by atoms with van der Waals surface area (Å²) in [7, 11) is 0. The summed E-state index contributed by atoms with van der Waals surface area (Å²) in [6.07, 6.45) is 7.06. The molecule has 0 aliphatic heterocycles. The van der Waals surface area contributed by atoms with Crippen LogP contribution in [0.5, 0.6) is 0 Å². The fourth-order valence-electron chi connectivity index (χ4n) is 2.27. The van der Waals surface area contributed by atoms with E-state index in [0.717, 1.165) is 24.8 Å². The molecule has 1 aromatic rings. The van der Waals surface area contributed by atoms with E-state index in [9.17, 15) is 4.79 Å². The second-order valence-corrected chi connectivity index (χ2v) is 4.96. The summed E-state index contributed by atoms with van der Waals surface area (Å²) in [6, 6.07) is 5.89. The fraction of sp³-hybridized carbons (Fsp3) is 0.533. The summed E-state index contributed by atoms with van der Waals surface area (Å²) < 4.78 is 0. The molecule has 0 heterocycles. The molecule has 0 radical (unpaired) electrons. The predicted molar refractivity (Wildman–Crippen MR) is 68.6 cm³/mol. The number of unbranched alkanes of at least 4 members (excludes halogenated alkanes) is 2. The summed E-state index contributed by atoms with van der Waals surface area (Å²) in [5.74, 6) is -0.278. The van der Waals surface area contributed by atoms with E-state index in [1.54, 1.807) is 6.07 Å². The van der Waals surface area contributed by atoms with Crippen LogP contribution in [0.2, 0.25) is 0 Å². The van der Waals surface area contributed by atoms with Gasteiger partial charge in [-0.1, -0.05) is 31.9 Å². The molecule has 92 valence electrons. The number of rotatable bonds is 6. The maximum Gasteiger partial charge on any atom is 0.335 e. The van der Waals surface area contributed by atoms with Crippen molar-refractivity contribution in [1.29, 1.82) is 0 Å². The van der Waals surface area contributed by atoms with Crippen LogP contribution in [0.25, 0.3) is 0 Å². The molecule has 2 rings (SSSR count). The molecule has 1 fully saturated rings. The van der Waals surface area contributed by atoms with Gasteiger partial charge in [-0.15, -0.1) is 0 Å². The molecule has 0 bridgehead atoms. The summed E-state index contributed by atoms with van der Waals surface area (Å²) >= 11 is 0. The Morgan fingerprint density at radius 2 is 2.12 bits per heavy atom. The Balaban J connectivity index is 2.14. The maximum absolute atomic E-state index is 11.1. The van der Waals surface area contributed by atoms with Crippen molar-refractivity contribution in [2.24, 2.45) is 0 Å². The minimum atomic E-state index is -0.785. The molecule has 1 saturated carbocycles. The molecular weight excluding hydrogens is 212 g/mol. The van der Waals surface area contributed by atoms with Crippen molar-refractivity contribution < 1.29 is 9.90 Å². The van der Waals surface area contributed by atoms with Gasteiger partial charge in [0, 0.05) is 0 Å². The molecule has 0 amide bonds. The van der Waals surface area contributed by atoms with Crippen molar-refractivity contribution in [3.8, 4) is 0 Å². The van der Waals surface area contributed by atoms with Crippen molar-refractivity contribution in [3.63, 3.8) is 0 Å². The SMILES string of the molecule is CCCCCc1ccc(C(=O)O)c(C2CC2)c1. The molecule has 1 aliphatic rings. The molecule has 2 nitrogen and oxygen atoms in total. The van der Waals surface area contributed by atoms with Gasteiger partial charge in [-0.3, -0.25) is 0 Å². The average Bonchev–Trinajstić information content (AvgIpc) is 3.13. The van der Waals surface area contributed by atoms with Gasteiger partial charge in [-0.2, -0.15) is 0 Å². The fourth-order valence-corrected chi connectivity index (χ4v) is 2.27. The zero-order valence-electron chi connectivity index (χ0n) is 10.4. The van der Waals surface area contributed by atoms with Crippen molar-refractivity contribution >= 4 is 5.97 Å². The van der Waals surface area contributed by atoms with Crippen LogP contribution in [0.4, 0.5) is 0 Å². The molecule has 1 aliphatic carbocycles. The van der Waals surface area contributed by atoms with Crippen LogP contribution in [0.3, 0.4) is 0 Å². The van der Waals surface area contributed by atoms with E-state index in [4.69, 9.17) is 5.11 Å². The van der Waals surface area contributed by atoms with Crippen LogP contribution in [0.15, 0.2) is 18.2 Å². The quantitative estimate of drug-likeness (QED) is 0.753. The van der Waals surface area contributed by atoms with E-state index in [1.165, 1.54) is 24.8 Å². The standard InChI is InChI=1S/C15H20O2/c1-2-3-4-5-11-6-9-13(15(16)17)14(10-11)12-7-8-12/h6,9-10,12H,2-5,7-8H2,1H3,(H,16,17). The lowest BCUT2D eigenvalue weighted by atomic mass is 9.97. The number of carboxylic acid groups (broad SMARTS) is 1. The lowest BCUT2D eigenvalue weighted by Crippen LogP contribution is -2.02. The van der Waals surface area contributed by atoms with Crippen LogP contribution in [0.1, 0.15) is 66.4 Å². The third kappa shape index (κ3) is 3.09. The summed E-state index contributed by atoms with van der Waals surface area (Å²) in [5, 5.41) is 9.15. The molecule has 0 aromatic heterocycles. The topological polar surface area (TPSA) is 37.3 Å². The first-order valence-corrected chi connectivity index (χ1v) is 6.58. The highest BCUT2D eigenvalue weighted by atomic mass is 16.4. The van der Waals surface area contributed by atoms with Gasteiger partial charge in [0.15, 0.2) is 0 Å². The van der Waals surface area contributed by atoms with E-state index in [-0.39, 0.29) is 0 Å². The van der Waals surface area contributed by atoms with Gasteiger partial charge in [-0.25, -0.2) is 4.79 Å². The number of aromatic carboxylic acids is 1. The van der Waals surface area contributed by atoms with Crippen molar-refractivity contribution in [1.82, 2.24) is 0 Å². The third-order valence-electron chi connectivity index (χ3n) is 3.43. The van der Waals surface area contributed by atoms with Crippen molar-refractivity contribution in [2.75, 3.05) is 0 Å². The molecule has 1 aromatic carbocycles. The first-order chi connectivity index (χ1) is 8.22. The van der Waals surface area contributed by atoms with Crippen LogP contribution in [-0.4, -0.2) is 11.1 Å². The van der Waals surface area contributed by atoms with E-state index in [1.807, 2.05) is 6.07 Å². The maximum atomic E-state index is 11.1. The normalized spacial score (nSPS) is 14.9. The van der Waals surface area contributed by atoms with Gasteiger partial charge in [0.2, 0.25) is 0 Å². The van der Waals surface area contributed by atoms with Crippen LogP contribution in [0, 0.1) is 0 Å². The van der Waals surface area contributed by atoms with Gasteiger partial charge in [0.05, 0.1) is 5.56 Å². The van der Waals surface area contributed by atoms with Crippen LogP contribution < -0.4 is 0 Å². The predicted octanol–water partition coefficient (Wildman–Crippen LogP) is 3.99. The Bertz CT molecular complexity index is 405. The van der Waals surface area contributed by atoms with Crippen molar-refractivity contribution in [2.45, 2.75) is 51.4 Å². The van der Waals surface area contributed by atoms with Gasteiger partial charge in [0.1, 0.15) is 0 Å². The lowest BCUT2D eigenvalue weighted by Gasteiger charge is -2.08. The monoisotopic (exact) mass is 232 g/mol. The zero-order valence-corrected chi connectivity index (χ0v) is 10.4. The molecule has 0 spiro atoms.